The number of carbonyl (C=O) groups is 2. The lowest BCUT2D eigenvalue weighted by molar-refractivity contribution is -0.125. The van der Waals surface area contributed by atoms with Gasteiger partial charge in [-0.05, 0) is 6.92 Å². The monoisotopic (exact) mass is 219 g/mol. The Bertz CT molecular complexity index is 222. The highest BCUT2D eigenvalue weighted by Gasteiger charge is 2.26. The van der Waals surface area contributed by atoms with Gasteiger partial charge in [0.15, 0.2) is 0 Å². The molecule has 0 aliphatic rings. The van der Waals surface area contributed by atoms with Gasteiger partial charge in [0.25, 0.3) is 0 Å². The molecule has 0 fully saturated rings. The van der Waals surface area contributed by atoms with E-state index in [1.807, 2.05) is 0 Å². The zero-order valence-electron chi connectivity index (χ0n) is 8.46. The predicted molar refractivity (Wildman–Crippen MR) is 52.7 cm³/mol. The summed E-state index contributed by atoms with van der Waals surface area (Å²) >= 11 is 0. The molecule has 0 aliphatic heterocycles. The van der Waals surface area contributed by atoms with Crippen LogP contribution in [0.3, 0.4) is 0 Å². The lowest BCUT2D eigenvalue weighted by Crippen LogP contribution is -2.56. The van der Waals surface area contributed by atoms with Gasteiger partial charge in [0.2, 0.25) is 5.91 Å². The van der Waals surface area contributed by atoms with E-state index in [0.29, 0.717) is 6.29 Å². The molecule has 4 atom stereocenters. The molecule has 15 heavy (non-hydrogen) atoms. The van der Waals surface area contributed by atoms with Gasteiger partial charge in [-0.3, -0.25) is 4.79 Å². The van der Waals surface area contributed by atoms with Crippen LogP contribution in [0.1, 0.15) is 6.92 Å². The Morgan fingerprint density at radius 2 is 2.07 bits per heavy atom. The minimum Gasteiger partial charge on any atom is -0.394 e. The second-order valence-electron chi connectivity index (χ2n) is 3.29. The Balaban J connectivity index is 4.36. The van der Waals surface area contributed by atoms with E-state index in [1.165, 1.54) is 6.92 Å². The molecule has 0 aromatic heterocycles. The lowest BCUT2D eigenvalue weighted by atomic mass is 10.1. The number of rotatable bonds is 6. The maximum atomic E-state index is 11.1. The molecule has 7 nitrogen and oxygen atoms in total. The molecule has 0 saturated heterocycles. The second-order valence-corrected chi connectivity index (χ2v) is 3.29. The summed E-state index contributed by atoms with van der Waals surface area (Å²) in [5.41, 5.74) is 10.5. The third-order valence-corrected chi connectivity index (χ3v) is 1.90. The van der Waals surface area contributed by atoms with E-state index >= 15 is 0 Å². The van der Waals surface area contributed by atoms with Crippen LogP contribution in [0.4, 0.5) is 0 Å². The highest BCUT2D eigenvalue weighted by Crippen LogP contribution is 1.97. The van der Waals surface area contributed by atoms with Gasteiger partial charge >= 0.3 is 0 Å². The molecule has 1 unspecified atom stereocenters. The molecular formula is C8H17N3O4. The molecule has 0 aromatic rings. The number of carbonyl (C=O) groups excluding carboxylic acids is 2. The summed E-state index contributed by atoms with van der Waals surface area (Å²) in [6, 6.07) is -2.92. The van der Waals surface area contributed by atoms with Crippen LogP contribution in [0, 0.1) is 0 Å². The van der Waals surface area contributed by atoms with Crippen molar-refractivity contribution in [2.75, 3.05) is 6.61 Å². The summed E-state index contributed by atoms with van der Waals surface area (Å²) in [6.07, 6.45) is -0.999. The first-order valence-electron chi connectivity index (χ1n) is 4.49. The van der Waals surface area contributed by atoms with Crippen LogP contribution in [0.2, 0.25) is 0 Å². The Morgan fingerprint density at radius 1 is 1.53 bits per heavy atom. The molecule has 0 aliphatic carbocycles. The van der Waals surface area contributed by atoms with Crippen molar-refractivity contribution in [3.8, 4) is 0 Å². The number of aliphatic hydroxyl groups excluding tert-OH is 2. The highest BCUT2D eigenvalue weighted by molar-refractivity contribution is 5.81. The van der Waals surface area contributed by atoms with Crippen molar-refractivity contribution in [1.29, 1.82) is 0 Å². The number of nitrogens with one attached hydrogen (secondary N) is 1. The summed E-state index contributed by atoms with van der Waals surface area (Å²) in [5, 5.41) is 20.6. The summed E-state index contributed by atoms with van der Waals surface area (Å²) in [6.45, 7) is 0.928. The first-order chi connectivity index (χ1) is 6.93. The molecule has 88 valence electrons. The molecule has 7 heteroatoms. The van der Waals surface area contributed by atoms with Crippen molar-refractivity contribution in [2.24, 2.45) is 11.5 Å². The van der Waals surface area contributed by atoms with Gasteiger partial charge < -0.3 is 31.8 Å². The number of aldehydes is 1. The SMILES string of the molecule is CC(N)C(=O)N[C@H](CO)[C@@H](O)[C@H](N)C=O. The number of hydrogen-bond donors (Lipinski definition) is 5. The van der Waals surface area contributed by atoms with Gasteiger partial charge in [0, 0.05) is 0 Å². The Kier molecular flexibility index (Phi) is 6.02. The molecular weight excluding hydrogens is 202 g/mol. The van der Waals surface area contributed by atoms with Crippen molar-refractivity contribution in [2.45, 2.75) is 31.2 Å². The van der Waals surface area contributed by atoms with Crippen molar-refractivity contribution in [1.82, 2.24) is 5.32 Å². The van der Waals surface area contributed by atoms with Crippen LogP contribution < -0.4 is 16.8 Å². The molecule has 0 saturated carbocycles. The first-order valence-corrected chi connectivity index (χ1v) is 4.49. The van der Waals surface area contributed by atoms with Crippen LogP contribution in [0.15, 0.2) is 0 Å². The number of aliphatic hydroxyl groups is 2. The van der Waals surface area contributed by atoms with Gasteiger partial charge in [-0.2, -0.15) is 0 Å². The van der Waals surface area contributed by atoms with Crippen molar-refractivity contribution in [3.05, 3.63) is 0 Å². The lowest BCUT2D eigenvalue weighted by Gasteiger charge is -2.24. The van der Waals surface area contributed by atoms with E-state index in [0.717, 1.165) is 0 Å². The Morgan fingerprint density at radius 3 is 2.40 bits per heavy atom. The van der Waals surface area contributed by atoms with Gasteiger partial charge in [-0.15, -0.1) is 0 Å². The van der Waals surface area contributed by atoms with Crippen LogP contribution in [-0.2, 0) is 9.59 Å². The molecule has 7 N–H and O–H groups in total. The van der Waals surface area contributed by atoms with Gasteiger partial charge in [-0.25, -0.2) is 0 Å². The molecule has 0 aromatic carbocycles. The minimum atomic E-state index is -1.34. The van der Waals surface area contributed by atoms with Crippen molar-refractivity contribution in [3.63, 3.8) is 0 Å². The summed E-state index contributed by atoms with van der Waals surface area (Å²) in [7, 11) is 0. The fourth-order valence-corrected chi connectivity index (χ4v) is 0.902. The summed E-state index contributed by atoms with van der Waals surface area (Å²) in [4.78, 5) is 21.4. The normalized spacial score (nSPS) is 18.7. The average Bonchev–Trinajstić information content (AvgIpc) is 2.23. The van der Waals surface area contributed by atoms with Crippen LogP contribution >= 0.6 is 0 Å². The smallest absolute Gasteiger partial charge is 0.237 e. The van der Waals surface area contributed by atoms with Gasteiger partial charge in [0.1, 0.15) is 6.29 Å². The first kappa shape index (κ1) is 14.0. The van der Waals surface area contributed by atoms with E-state index in [2.05, 4.69) is 5.32 Å². The highest BCUT2D eigenvalue weighted by atomic mass is 16.3. The van der Waals surface area contributed by atoms with E-state index in [-0.39, 0.29) is 0 Å². The summed E-state index contributed by atoms with van der Waals surface area (Å²) in [5.74, 6) is -0.536. The van der Waals surface area contributed by atoms with Crippen LogP contribution in [-0.4, -0.2) is 53.2 Å². The third-order valence-electron chi connectivity index (χ3n) is 1.90. The minimum absolute atomic E-state index is 0.339. The molecule has 0 spiro atoms. The van der Waals surface area contributed by atoms with E-state index < -0.39 is 36.7 Å². The number of nitrogens with two attached hydrogens (primary N) is 2. The van der Waals surface area contributed by atoms with Gasteiger partial charge in [0.05, 0.1) is 30.8 Å². The van der Waals surface area contributed by atoms with Crippen molar-refractivity contribution < 1.29 is 19.8 Å². The zero-order chi connectivity index (χ0) is 12.0. The molecule has 0 rings (SSSR count). The Hall–Kier alpha value is -1.02. The molecule has 0 heterocycles. The standard InChI is InChI=1S/C8H17N3O4/c1-4(9)8(15)11-6(3-13)7(14)5(10)2-12/h2,4-7,13-14H,3,9-10H2,1H3,(H,11,15)/t4?,5-,6-,7+/m1/s1. The number of amides is 1. The molecule has 0 bridgehead atoms. The van der Waals surface area contributed by atoms with Gasteiger partial charge in [-0.1, -0.05) is 0 Å². The maximum Gasteiger partial charge on any atom is 0.237 e. The van der Waals surface area contributed by atoms with Crippen LogP contribution in [0.25, 0.3) is 0 Å². The maximum absolute atomic E-state index is 11.1. The van der Waals surface area contributed by atoms with Crippen molar-refractivity contribution >= 4 is 12.2 Å². The van der Waals surface area contributed by atoms with E-state index in [9.17, 15) is 14.7 Å². The summed E-state index contributed by atoms with van der Waals surface area (Å²) < 4.78 is 0. The topological polar surface area (TPSA) is 139 Å². The number of hydrogen-bond acceptors (Lipinski definition) is 6. The Labute approximate surface area is 87.4 Å². The molecule has 0 radical (unpaired) electrons. The third kappa shape index (κ3) is 4.34. The van der Waals surface area contributed by atoms with E-state index in [4.69, 9.17) is 16.6 Å². The van der Waals surface area contributed by atoms with Crippen LogP contribution in [0.5, 0.6) is 0 Å². The average molecular weight is 219 g/mol. The fourth-order valence-electron chi connectivity index (χ4n) is 0.902. The zero-order valence-corrected chi connectivity index (χ0v) is 8.46. The second kappa shape index (κ2) is 6.46. The quantitative estimate of drug-likeness (QED) is 0.296. The predicted octanol–water partition coefficient (Wildman–Crippen LogP) is -3.30. The fraction of sp³-hybridized carbons (Fsp3) is 0.750. The molecule has 1 amide bonds. The largest absolute Gasteiger partial charge is 0.394 e. The van der Waals surface area contributed by atoms with E-state index in [1.54, 1.807) is 0 Å².